The third-order valence-corrected chi connectivity index (χ3v) is 4.35. The van der Waals surface area contributed by atoms with Gasteiger partial charge in [-0.05, 0) is 56.6 Å². The minimum atomic E-state index is -0.0328. The van der Waals surface area contributed by atoms with E-state index in [1.807, 2.05) is 0 Å². The molecule has 1 aromatic rings. The number of likely N-dealkylation sites (tertiary alicyclic amines) is 1. The Labute approximate surface area is 141 Å². The maximum absolute atomic E-state index is 12.0. The highest BCUT2D eigenvalue weighted by atomic mass is 35.5. The summed E-state index contributed by atoms with van der Waals surface area (Å²) < 4.78 is 0. The van der Waals surface area contributed by atoms with Crippen LogP contribution in [0.5, 0.6) is 0 Å². The highest BCUT2D eigenvalue weighted by Crippen LogP contribution is 2.25. The van der Waals surface area contributed by atoms with Crippen molar-refractivity contribution in [3.63, 3.8) is 0 Å². The number of rotatable bonds is 4. The van der Waals surface area contributed by atoms with Crippen LogP contribution in [0.25, 0.3) is 0 Å². The van der Waals surface area contributed by atoms with Crippen molar-refractivity contribution >= 4 is 47.2 Å². The molecule has 3 N–H and O–H groups in total. The Morgan fingerprint density at radius 1 is 1.29 bits per heavy atom. The summed E-state index contributed by atoms with van der Waals surface area (Å²) in [4.78, 5) is 14.1. The second kappa shape index (κ2) is 8.81. The van der Waals surface area contributed by atoms with Gasteiger partial charge in [-0.2, -0.15) is 0 Å². The number of nitrogens with two attached hydrogens (primary N) is 1. The van der Waals surface area contributed by atoms with Crippen molar-refractivity contribution in [3.8, 4) is 0 Å². The Morgan fingerprint density at radius 3 is 2.52 bits per heavy atom. The number of hydrogen-bond donors (Lipinski definition) is 2. The number of benzene rings is 1. The van der Waals surface area contributed by atoms with Crippen LogP contribution in [0.4, 0.5) is 5.69 Å². The number of piperidine rings is 1. The topological polar surface area (TPSA) is 58.4 Å². The summed E-state index contributed by atoms with van der Waals surface area (Å²) in [5.74, 6) is 0.568. The van der Waals surface area contributed by atoms with Crippen molar-refractivity contribution in [3.05, 3.63) is 28.2 Å². The molecule has 21 heavy (non-hydrogen) atoms. The number of nitrogens with zero attached hydrogens (tertiary/aromatic N) is 1. The van der Waals surface area contributed by atoms with Gasteiger partial charge in [0.2, 0.25) is 5.91 Å². The monoisotopic (exact) mass is 351 g/mol. The van der Waals surface area contributed by atoms with Gasteiger partial charge in [-0.3, -0.25) is 9.69 Å². The number of nitrogens with one attached hydrogen (secondary N) is 1. The van der Waals surface area contributed by atoms with Crippen molar-refractivity contribution in [2.24, 2.45) is 11.7 Å². The largest absolute Gasteiger partial charge is 0.330 e. The fourth-order valence-electron chi connectivity index (χ4n) is 2.36. The minimum Gasteiger partial charge on any atom is -0.330 e. The standard InChI is InChI=1S/C14H19Cl2N3O.ClH/c15-12-2-1-11(7-13(12)16)18-14(20)9-19-5-3-10(8-17)4-6-19;/h1-2,7,10H,3-6,8-9,17H2,(H,18,20);1H. The molecule has 0 spiro atoms. The van der Waals surface area contributed by atoms with Gasteiger partial charge < -0.3 is 11.1 Å². The van der Waals surface area contributed by atoms with E-state index in [4.69, 9.17) is 28.9 Å². The van der Waals surface area contributed by atoms with Crippen molar-refractivity contribution in [1.29, 1.82) is 0 Å². The fraction of sp³-hybridized carbons (Fsp3) is 0.500. The van der Waals surface area contributed by atoms with Crippen molar-refractivity contribution in [2.45, 2.75) is 12.8 Å². The van der Waals surface area contributed by atoms with E-state index in [1.165, 1.54) is 0 Å². The van der Waals surface area contributed by atoms with Crippen LogP contribution in [0, 0.1) is 5.92 Å². The van der Waals surface area contributed by atoms with E-state index in [2.05, 4.69) is 10.2 Å². The zero-order valence-electron chi connectivity index (χ0n) is 11.6. The van der Waals surface area contributed by atoms with Crippen LogP contribution in [0.1, 0.15) is 12.8 Å². The number of hydrogen-bond acceptors (Lipinski definition) is 3. The number of amides is 1. The Kier molecular flexibility index (Phi) is 7.77. The molecule has 0 radical (unpaired) electrons. The molecular formula is C14H20Cl3N3O. The van der Waals surface area contributed by atoms with Crippen LogP contribution in [-0.4, -0.2) is 37.0 Å². The molecule has 0 atom stereocenters. The van der Waals surface area contributed by atoms with Gasteiger partial charge in [0.05, 0.1) is 16.6 Å². The van der Waals surface area contributed by atoms with Gasteiger partial charge in [-0.25, -0.2) is 0 Å². The van der Waals surface area contributed by atoms with Gasteiger partial charge in [0.1, 0.15) is 0 Å². The first-order chi connectivity index (χ1) is 9.58. The molecule has 0 saturated carbocycles. The van der Waals surface area contributed by atoms with E-state index >= 15 is 0 Å². The van der Waals surface area contributed by atoms with Crippen LogP contribution in [0.3, 0.4) is 0 Å². The zero-order valence-corrected chi connectivity index (χ0v) is 14.0. The summed E-state index contributed by atoms with van der Waals surface area (Å²) in [6.07, 6.45) is 2.13. The highest BCUT2D eigenvalue weighted by Gasteiger charge is 2.19. The van der Waals surface area contributed by atoms with Crippen molar-refractivity contribution in [1.82, 2.24) is 4.90 Å². The van der Waals surface area contributed by atoms with Gasteiger partial charge >= 0.3 is 0 Å². The van der Waals surface area contributed by atoms with Gasteiger partial charge in [-0.15, -0.1) is 12.4 Å². The van der Waals surface area contributed by atoms with E-state index < -0.39 is 0 Å². The highest BCUT2D eigenvalue weighted by molar-refractivity contribution is 6.42. The first-order valence-electron chi connectivity index (χ1n) is 6.76. The van der Waals surface area contributed by atoms with E-state index in [1.54, 1.807) is 18.2 Å². The number of carbonyl (C=O) groups is 1. The molecule has 1 aromatic carbocycles. The predicted octanol–water partition coefficient (Wildman–Crippen LogP) is 3.02. The van der Waals surface area contributed by atoms with E-state index in [9.17, 15) is 4.79 Å². The molecule has 1 aliphatic rings. The van der Waals surface area contributed by atoms with Gasteiger partial charge in [0.25, 0.3) is 0 Å². The summed E-state index contributed by atoms with van der Waals surface area (Å²) >= 11 is 11.8. The van der Waals surface area contributed by atoms with Gasteiger partial charge in [-0.1, -0.05) is 23.2 Å². The lowest BCUT2D eigenvalue weighted by molar-refractivity contribution is -0.117. The zero-order chi connectivity index (χ0) is 14.5. The van der Waals surface area contributed by atoms with E-state index in [0.717, 1.165) is 32.5 Å². The maximum Gasteiger partial charge on any atom is 0.238 e. The summed E-state index contributed by atoms with van der Waals surface area (Å²) in [5, 5.41) is 3.75. The second-order valence-electron chi connectivity index (χ2n) is 5.13. The number of carbonyl (C=O) groups excluding carboxylic acids is 1. The fourth-order valence-corrected chi connectivity index (χ4v) is 2.66. The SMILES string of the molecule is Cl.NCC1CCN(CC(=O)Nc2ccc(Cl)c(Cl)c2)CC1. The Morgan fingerprint density at radius 2 is 1.95 bits per heavy atom. The summed E-state index contributed by atoms with van der Waals surface area (Å²) in [6.45, 7) is 2.99. The molecular weight excluding hydrogens is 333 g/mol. The summed E-state index contributed by atoms with van der Waals surface area (Å²) in [6, 6.07) is 5.07. The van der Waals surface area contributed by atoms with Crippen LogP contribution < -0.4 is 11.1 Å². The first kappa shape index (κ1) is 18.5. The summed E-state index contributed by atoms with van der Waals surface area (Å²) in [5.41, 5.74) is 6.33. The molecule has 1 heterocycles. The second-order valence-corrected chi connectivity index (χ2v) is 5.95. The predicted molar refractivity (Wildman–Crippen MR) is 90.6 cm³/mol. The molecule has 1 amide bonds. The lowest BCUT2D eigenvalue weighted by Gasteiger charge is -2.30. The molecule has 0 aliphatic carbocycles. The van der Waals surface area contributed by atoms with E-state index in [-0.39, 0.29) is 18.3 Å². The smallest absolute Gasteiger partial charge is 0.238 e. The molecule has 2 rings (SSSR count). The van der Waals surface area contributed by atoms with Crippen molar-refractivity contribution in [2.75, 3.05) is 31.5 Å². The molecule has 7 heteroatoms. The van der Waals surface area contributed by atoms with Crippen LogP contribution in [0.2, 0.25) is 10.0 Å². The third-order valence-electron chi connectivity index (χ3n) is 3.61. The normalized spacial score (nSPS) is 16.3. The quantitative estimate of drug-likeness (QED) is 0.875. The van der Waals surface area contributed by atoms with Gasteiger partial charge in [0.15, 0.2) is 0 Å². The molecule has 4 nitrogen and oxygen atoms in total. The minimum absolute atomic E-state index is 0. The van der Waals surface area contributed by atoms with Crippen LogP contribution in [-0.2, 0) is 4.79 Å². The molecule has 0 aromatic heterocycles. The van der Waals surface area contributed by atoms with Crippen molar-refractivity contribution < 1.29 is 4.79 Å². The number of anilines is 1. The third kappa shape index (κ3) is 5.64. The molecule has 0 unspecified atom stereocenters. The molecule has 118 valence electrons. The molecule has 1 saturated heterocycles. The van der Waals surface area contributed by atoms with E-state index in [0.29, 0.717) is 28.2 Å². The van der Waals surface area contributed by atoms with Crippen LogP contribution in [0.15, 0.2) is 18.2 Å². The number of halogens is 3. The average Bonchev–Trinajstić information content (AvgIpc) is 2.44. The first-order valence-corrected chi connectivity index (χ1v) is 7.51. The Hall–Kier alpha value is -0.520. The molecule has 0 bridgehead atoms. The lowest BCUT2D eigenvalue weighted by atomic mass is 9.97. The Bertz CT molecular complexity index is 477. The summed E-state index contributed by atoms with van der Waals surface area (Å²) in [7, 11) is 0. The molecule has 1 fully saturated rings. The average molecular weight is 353 g/mol. The maximum atomic E-state index is 12.0. The molecule has 1 aliphatic heterocycles. The van der Waals surface area contributed by atoms with Gasteiger partial charge in [0, 0.05) is 5.69 Å². The van der Waals surface area contributed by atoms with Crippen LogP contribution >= 0.6 is 35.6 Å². The lowest BCUT2D eigenvalue weighted by Crippen LogP contribution is -2.40. The Balaban J connectivity index is 0.00000220.